The molecule has 0 saturated heterocycles. The largest absolute Gasteiger partial charge is 0.508 e. The molecule has 0 amide bonds. The highest BCUT2D eigenvalue weighted by atomic mass is 19.4. The first-order chi connectivity index (χ1) is 14.5. The molecule has 0 saturated carbocycles. The molecule has 0 aliphatic heterocycles. The molecule has 0 radical (unpaired) electrons. The monoisotopic (exact) mass is 432 g/mol. The number of amidine groups is 1. The van der Waals surface area contributed by atoms with Gasteiger partial charge < -0.3 is 5.11 Å². The van der Waals surface area contributed by atoms with E-state index < -0.39 is 17.6 Å². The number of aliphatic imine (C=N–C) groups is 2. The highest BCUT2D eigenvalue weighted by Gasteiger charge is 2.31. The summed E-state index contributed by atoms with van der Waals surface area (Å²) in [5.41, 5.74) is -0.217. The van der Waals surface area contributed by atoms with Crippen LogP contribution in [0.4, 0.5) is 23.4 Å². The molecule has 1 heterocycles. The van der Waals surface area contributed by atoms with Crippen molar-refractivity contribution in [3.8, 4) is 11.4 Å². The molecule has 0 aliphatic carbocycles. The van der Waals surface area contributed by atoms with E-state index in [1.165, 1.54) is 28.8 Å². The summed E-state index contributed by atoms with van der Waals surface area (Å²) in [4.78, 5) is 12.7. The molecule has 0 atom stereocenters. The zero-order valence-electron chi connectivity index (χ0n) is 17.1. The second kappa shape index (κ2) is 8.33. The van der Waals surface area contributed by atoms with E-state index in [1.807, 2.05) is 13.8 Å². The minimum Gasteiger partial charge on any atom is -0.508 e. The lowest BCUT2D eigenvalue weighted by Gasteiger charge is -2.14. The molecule has 9 heteroatoms. The smallest absolute Gasteiger partial charge is 0.416 e. The second-order valence-electron chi connectivity index (χ2n) is 7.18. The fourth-order valence-electron chi connectivity index (χ4n) is 3.10. The third-order valence-electron chi connectivity index (χ3n) is 4.54. The van der Waals surface area contributed by atoms with Gasteiger partial charge in [-0.05, 0) is 37.9 Å². The molecule has 162 valence electrons. The van der Waals surface area contributed by atoms with Crippen LogP contribution in [0.5, 0.6) is 5.75 Å². The molecule has 0 spiro atoms. The van der Waals surface area contributed by atoms with Gasteiger partial charge in [-0.3, -0.25) is 4.57 Å². The third kappa shape index (κ3) is 4.50. The van der Waals surface area contributed by atoms with Crippen LogP contribution < -0.4 is 0 Å². The van der Waals surface area contributed by atoms with Gasteiger partial charge in [0.2, 0.25) is 0 Å². The number of phenols is 1. The Bertz CT molecular complexity index is 1160. The second-order valence-corrected chi connectivity index (χ2v) is 7.18. The summed E-state index contributed by atoms with van der Waals surface area (Å²) in [6.45, 7) is 8.82. The minimum atomic E-state index is -4.53. The minimum absolute atomic E-state index is 0.0650. The summed E-state index contributed by atoms with van der Waals surface area (Å²) in [6.07, 6.45) is -4.53. The number of rotatable bonds is 4. The van der Waals surface area contributed by atoms with E-state index in [1.54, 1.807) is 6.92 Å². The standard InChI is InChI=1S/C22H20F4N4O/c1-12(2)20-28-13(3)21(30(20)18-9-8-16(31)11-17(18)23)29-19(27-4)14-6-5-7-15(10-14)22(24,25)26/h5-12,31H,4H2,1-3H3. The van der Waals surface area contributed by atoms with Crippen molar-refractivity contribution in [3.05, 3.63) is 70.9 Å². The molecule has 1 N–H and O–H groups in total. The van der Waals surface area contributed by atoms with Crippen molar-refractivity contribution in [1.82, 2.24) is 9.55 Å². The summed E-state index contributed by atoms with van der Waals surface area (Å²) in [5.74, 6) is -0.439. The van der Waals surface area contributed by atoms with Gasteiger partial charge in [-0.1, -0.05) is 26.0 Å². The van der Waals surface area contributed by atoms with Crippen LogP contribution in [0, 0.1) is 12.7 Å². The van der Waals surface area contributed by atoms with Crippen LogP contribution in [0.2, 0.25) is 0 Å². The first-order valence-electron chi connectivity index (χ1n) is 9.34. The van der Waals surface area contributed by atoms with Gasteiger partial charge >= 0.3 is 6.18 Å². The van der Waals surface area contributed by atoms with Crippen LogP contribution >= 0.6 is 0 Å². The van der Waals surface area contributed by atoms with E-state index in [-0.39, 0.29) is 34.6 Å². The van der Waals surface area contributed by atoms with Gasteiger partial charge in [0.25, 0.3) is 0 Å². The summed E-state index contributed by atoms with van der Waals surface area (Å²) in [6, 6.07) is 8.22. The van der Waals surface area contributed by atoms with Crippen molar-refractivity contribution in [2.75, 3.05) is 0 Å². The van der Waals surface area contributed by atoms with Crippen LogP contribution in [-0.2, 0) is 6.18 Å². The van der Waals surface area contributed by atoms with Gasteiger partial charge in [0, 0.05) is 17.5 Å². The molecular weight excluding hydrogens is 412 g/mol. The van der Waals surface area contributed by atoms with Crippen molar-refractivity contribution in [1.29, 1.82) is 0 Å². The highest BCUT2D eigenvalue weighted by Crippen LogP contribution is 2.33. The van der Waals surface area contributed by atoms with Gasteiger partial charge in [-0.25, -0.2) is 19.4 Å². The Kier molecular flexibility index (Phi) is 5.97. The number of halogens is 4. The molecule has 0 bridgehead atoms. The van der Waals surface area contributed by atoms with Crippen LogP contribution in [0.15, 0.2) is 52.4 Å². The van der Waals surface area contributed by atoms with Crippen molar-refractivity contribution >= 4 is 18.4 Å². The number of aromatic hydroxyl groups is 1. The van der Waals surface area contributed by atoms with E-state index in [0.29, 0.717) is 11.5 Å². The molecule has 3 aromatic rings. The zero-order chi connectivity index (χ0) is 22.9. The fourth-order valence-corrected chi connectivity index (χ4v) is 3.10. The number of aromatic nitrogens is 2. The average Bonchev–Trinajstić information content (AvgIpc) is 3.02. The summed E-state index contributed by atoms with van der Waals surface area (Å²) >= 11 is 0. The highest BCUT2D eigenvalue weighted by molar-refractivity contribution is 6.03. The Morgan fingerprint density at radius 2 is 1.87 bits per heavy atom. The van der Waals surface area contributed by atoms with Gasteiger partial charge in [0.05, 0.1) is 16.9 Å². The lowest BCUT2D eigenvalue weighted by Crippen LogP contribution is -2.08. The van der Waals surface area contributed by atoms with E-state index >= 15 is 0 Å². The van der Waals surface area contributed by atoms with Crippen LogP contribution in [0.3, 0.4) is 0 Å². The summed E-state index contributed by atoms with van der Waals surface area (Å²) in [7, 11) is 0. The molecule has 3 rings (SSSR count). The number of hydrogen-bond donors (Lipinski definition) is 1. The predicted octanol–water partition coefficient (Wildman–Crippen LogP) is 5.95. The quantitative estimate of drug-likeness (QED) is 0.315. The molecule has 5 nitrogen and oxygen atoms in total. The average molecular weight is 432 g/mol. The maximum atomic E-state index is 14.7. The Morgan fingerprint density at radius 1 is 1.16 bits per heavy atom. The van der Waals surface area contributed by atoms with E-state index in [4.69, 9.17) is 0 Å². The normalized spacial score (nSPS) is 12.5. The number of nitrogens with zero attached hydrogens (tertiary/aromatic N) is 4. The van der Waals surface area contributed by atoms with Crippen molar-refractivity contribution in [3.63, 3.8) is 0 Å². The molecule has 0 aliphatic rings. The number of benzene rings is 2. The predicted molar refractivity (Wildman–Crippen MR) is 111 cm³/mol. The van der Waals surface area contributed by atoms with Gasteiger partial charge in [0.1, 0.15) is 11.6 Å². The number of hydrogen-bond acceptors (Lipinski definition) is 3. The number of phenolic OH excluding ortho intramolecular Hbond substituents is 1. The molecule has 1 aromatic heterocycles. The lowest BCUT2D eigenvalue weighted by atomic mass is 10.1. The van der Waals surface area contributed by atoms with Crippen molar-refractivity contribution in [2.45, 2.75) is 32.9 Å². The summed E-state index contributed by atoms with van der Waals surface area (Å²) < 4.78 is 55.5. The summed E-state index contributed by atoms with van der Waals surface area (Å²) in [5, 5.41) is 9.55. The number of aryl methyl sites for hydroxylation is 1. The van der Waals surface area contributed by atoms with Gasteiger partial charge in [0.15, 0.2) is 17.5 Å². The van der Waals surface area contributed by atoms with Crippen molar-refractivity contribution < 1.29 is 22.7 Å². The Balaban J connectivity index is 2.25. The fraction of sp³-hybridized carbons (Fsp3) is 0.227. The van der Waals surface area contributed by atoms with Crippen LogP contribution in [0.25, 0.3) is 5.69 Å². The van der Waals surface area contributed by atoms with Crippen molar-refractivity contribution in [2.24, 2.45) is 9.98 Å². The zero-order valence-corrected chi connectivity index (χ0v) is 17.1. The number of alkyl halides is 3. The molecular formula is C22H20F4N4O. The first kappa shape index (κ1) is 22.2. The lowest BCUT2D eigenvalue weighted by molar-refractivity contribution is -0.137. The van der Waals surface area contributed by atoms with Gasteiger partial charge in [-0.15, -0.1) is 0 Å². The molecule has 0 fully saturated rings. The Morgan fingerprint density at radius 3 is 2.45 bits per heavy atom. The van der Waals surface area contributed by atoms with Crippen LogP contribution in [-0.4, -0.2) is 27.2 Å². The van der Waals surface area contributed by atoms with Gasteiger partial charge in [-0.2, -0.15) is 13.2 Å². The Hall–Kier alpha value is -3.49. The number of imidazole rings is 1. The van der Waals surface area contributed by atoms with Crippen LogP contribution in [0.1, 0.15) is 42.4 Å². The molecule has 31 heavy (non-hydrogen) atoms. The van der Waals surface area contributed by atoms with E-state index in [0.717, 1.165) is 18.2 Å². The SMILES string of the molecule is C=NC(=Nc1c(C)nc(C(C)C)n1-c1ccc(O)cc1F)c1cccc(C(F)(F)F)c1. The van der Waals surface area contributed by atoms with E-state index in [2.05, 4.69) is 21.7 Å². The molecule has 2 aromatic carbocycles. The third-order valence-corrected chi connectivity index (χ3v) is 4.54. The maximum absolute atomic E-state index is 14.7. The first-order valence-corrected chi connectivity index (χ1v) is 9.34. The Labute approximate surface area is 176 Å². The van der Waals surface area contributed by atoms with E-state index in [9.17, 15) is 22.7 Å². The maximum Gasteiger partial charge on any atom is 0.416 e. The topological polar surface area (TPSA) is 62.8 Å². The molecule has 0 unspecified atom stereocenters.